The van der Waals surface area contributed by atoms with Crippen molar-refractivity contribution in [2.75, 3.05) is 12.4 Å². The van der Waals surface area contributed by atoms with E-state index < -0.39 is 0 Å². The van der Waals surface area contributed by atoms with Crippen LogP contribution in [-0.4, -0.2) is 22.0 Å². The van der Waals surface area contributed by atoms with Gasteiger partial charge in [0.1, 0.15) is 11.6 Å². The number of nitrogens with one attached hydrogen (secondary N) is 1. The molecule has 4 nitrogen and oxygen atoms in total. The van der Waals surface area contributed by atoms with E-state index in [1.54, 1.807) is 0 Å². The quantitative estimate of drug-likeness (QED) is 0.918. The first-order chi connectivity index (χ1) is 9.99. The van der Waals surface area contributed by atoms with E-state index in [0.29, 0.717) is 0 Å². The lowest BCUT2D eigenvalue weighted by Crippen LogP contribution is -2.19. The third kappa shape index (κ3) is 2.62. The zero-order valence-corrected chi connectivity index (χ0v) is 13.1. The number of fused-ring (bicyclic) bond motifs is 1. The number of pyridine rings is 1. The first kappa shape index (κ1) is 14.0. The van der Waals surface area contributed by atoms with E-state index in [-0.39, 0.29) is 11.3 Å². The molecule has 0 radical (unpaired) electrons. The molecule has 2 aromatic heterocycles. The van der Waals surface area contributed by atoms with Gasteiger partial charge in [0, 0.05) is 30.6 Å². The maximum absolute atomic E-state index is 4.84. The number of hydrogen-bond acceptors (Lipinski definition) is 4. The second kappa shape index (κ2) is 5.10. The van der Waals surface area contributed by atoms with Crippen LogP contribution in [0.5, 0.6) is 0 Å². The van der Waals surface area contributed by atoms with Crippen LogP contribution in [-0.2, 0) is 11.8 Å². The summed E-state index contributed by atoms with van der Waals surface area (Å²) in [5.74, 6) is 2.06. The number of aromatic nitrogens is 3. The third-order valence-electron chi connectivity index (χ3n) is 3.99. The number of rotatable bonds is 2. The molecule has 110 valence electrons. The SMILES string of the molecule is CNc1cc(C2CCc3cccnc32)nc(C(C)(C)C)n1. The molecule has 3 rings (SSSR count). The molecule has 0 aliphatic heterocycles. The Labute approximate surface area is 126 Å². The molecule has 2 aromatic rings. The fraction of sp³-hybridized carbons (Fsp3) is 0.471. The smallest absolute Gasteiger partial charge is 0.136 e. The van der Waals surface area contributed by atoms with Crippen molar-refractivity contribution >= 4 is 5.82 Å². The van der Waals surface area contributed by atoms with Crippen LogP contribution in [0.2, 0.25) is 0 Å². The van der Waals surface area contributed by atoms with Crippen molar-refractivity contribution in [3.63, 3.8) is 0 Å². The van der Waals surface area contributed by atoms with Gasteiger partial charge in [-0.2, -0.15) is 0 Å². The monoisotopic (exact) mass is 282 g/mol. The molecule has 1 unspecified atom stereocenters. The highest BCUT2D eigenvalue weighted by molar-refractivity contribution is 5.42. The lowest BCUT2D eigenvalue weighted by Gasteiger charge is -2.20. The minimum absolute atomic E-state index is 0.0623. The lowest BCUT2D eigenvalue weighted by atomic mass is 9.94. The lowest BCUT2D eigenvalue weighted by molar-refractivity contribution is 0.539. The zero-order chi connectivity index (χ0) is 15.0. The molecule has 0 aromatic carbocycles. The predicted octanol–water partition coefficient (Wildman–Crippen LogP) is 3.29. The minimum atomic E-state index is -0.0623. The molecule has 0 amide bonds. The fourth-order valence-electron chi connectivity index (χ4n) is 2.81. The second-order valence-electron chi connectivity index (χ2n) is 6.64. The molecule has 0 saturated heterocycles. The van der Waals surface area contributed by atoms with Gasteiger partial charge in [-0.05, 0) is 24.5 Å². The zero-order valence-electron chi connectivity index (χ0n) is 13.1. The number of anilines is 1. The van der Waals surface area contributed by atoms with Gasteiger partial charge in [-0.1, -0.05) is 26.8 Å². The van der Waals surface area contributed by atoms with Crippen molar-refractivity contribution < 1.29 is 0 Å². The standard InChI is InChI=1S/C17H22N4/c1-17(2,3)16-20-13(10-14(18-4)21-16)12-8-7-11-6-5-9-19-15(11)12/h5-6,9-10,12H,7-8H2,1-4H3,(H,18,20,21). The first-order valence-corrected chi connectivity index (χ1v) is 7.50. The van der Waals surface area contributed by atoms with Gasteiger partial charge < -0.3 is 5.32 Å². The highest BCUT2D eigenvalue weighted by Crippen LogP contribution is 2.36. The van der Waals surface area contributed by atoms with Crippen molar-refractivity contribution in [2.45, 2.75) is 44.9 Å². The predicted molar refractivity (Wildman–Crippen MR) is 84.7 cm³/mol. The van der Waals surface area contributed by atoms with Gasteiger partial charge in [0.05, 0.1) is 11.4 Å². The number of nitrogens with zero attached hydrogens (tertiary/aromatic N) is 3. The van der Waals surface area contributed by atoms with Crippen molar-refractivity contribution in [1.82, 2.24) is 15.0 Å². The molecule has 0 fully saturated rings. The highest BCUT2D eigenvalue weighted by atomic mass is 15.0. The molecule has 1 N–H and O–H groups in total. The summed E-state index contributed by atoms with van der Waals surface area (Å²) in [6.07, 6.45) is 4.04. The Kier molecular flexibility index (Phi) is 3.40. The van der Waals surface area contributed by atoms with Gasteiger partial charge in [0.15, 0.2) is 0 Å². The van der Waals surface area contributed by atoms with E-state index in [1.165, 1.54) is 11.3 Å². The topological polar surface area (TPSA) is 50.7 Å². The Morgan fingerprint density at radius 2 is 2.05 bits per heavy atom. The molecule has 4 heteroatoms. The first-order valence-electron chi connectivity index (χ1n) is 7.50. The van der Waals surface area contributed by atoms with Crippen molar-refractivity contribution in [2.24, 2.45) is 0 Å². The Balaban J connectivity index is 2.07. The van der Waals surface area contributed by atoms with Gasteiger partial charge in [0.25, 0.3) is 0 Å². The molecule has 21 heavy (non-hydrogen) atoms. The summed E-state index contributed by atoms with van der Waals surface area (Å²) in [6, 6.07) is 6.25. The van der Waals surface area contributed by atoms with Crippen LogP contribution in [0, 0.1) is 0 Å². The minimum Gasteiger partial charge on any atom is -0.373 e. The van der Waals surface area contributed by atoms with Crippen LogP contribution in [0.3, 0.4) is 0 Å². The molecule has 0 saturated carbocycles. The molecular weight excluding hydrogens is 260 g/mol. The van der Waals surface area contributed by atoms with Crippen molar-refractivity contribution in [3.8, 4) is 0 Å². The Hall–Kier alpha value is -1.97. The molecule has 1 atom stereocenters. The van der Waals surface area contributed by atoms with Gasteiger partial charge in [-0.15, -0.1) is 0 Å². The Morgan fingerprint density at radius 1 is 1.24 bits per heavy atom. The third-order valence-corrected chi connectivity index (χ3v) is 3.99. The maximum atomic E-state index is 4.84. The normalized spacial score (nSPS) is 17.6. The molecule has 0 bridgehead atoms. The van der Waals surface area contributed by atoms with Crippen LogP contribution in [0.4, 0.5) is 5.82 Å². The van der Waals surface area contributed by atoms with E-state index in [0.717, 1.165) is 30.2 Å². The Bertz CT molecular complexity index is 658. The van der Waals surface area contributed by atoms with E-state index in [2.05, 4.69) is 48.2 Å². The summed E-state index contributed by atoms with van der Waals surface area (Å²) < 4.78 is 0. The van der Waals surface area contributed by atoms with Crippen LogP contribution in [0.1, 0.15) is 55.9 Å². The van der Waals surface area contributed by atoms with Crippen LogP contribution >= 0.6 is 0 Å². The molecular formula is C17H22N4. The average molecular weight is 282 g/mol. The van der Waals surface area contributed by atoms with Gasteiger partial charge >= 0.3 is 0 Å². The molecule has 2 heterocycles. The van der Waals surface area contributed by atoms with Crippen LogP contribution in [0.15, 0.2) is 24.4 Å². The number of hydrogen-bond donors (Lipinski definition) is 1. The summed E-state index contributed by atoms with van der Waals surface area (Å²) in [7, 11) is 1.90. The molecule has 0 spiro atoms. The average Bonchev–Trinajstić information content (AvgIpc) is 2.89. The summed E-state index contributed by atoms with van der Waals surface area (Å²) >= 11 is 0. The Morgan fingerprint density at radius 3 is 2.76 bits per heavy atom. The van der Waals surface area contributed by atoms with E-state index in [9.17, 15) is 0 Å². The van der Waals surface area contributed by atoms with Gasteiger partial charge in [0.2, 0.25) is 0 Å². The number of aryl methyl sites for hydroxylation is 1. The second-order valence-corrected chi connectivity index (χ2v) is 6.64. The summed E-state index contributed by atoms with van der Waals surface area (Å²) in [6.45, 7) is 6.44. The highest BCUT2D eigenvalue weighted by Gasteiger charge is 2.28. The fourth-order valence-corrected chi connectivity index (χ4v) is 2.81. The van der Waals surface area contributed by atoms with E-state index in [1.807, 2.05) is 19.3 Å². The molecule has 1 aliphatic carbocycles. The summed E-state index contributed by atoms with van der Waals surface area (Å²) in [5.41, 5.74) is 3.55. The molecule has 1 aliphatic rings. The maximum Gasteiger partial charge on any atom is 0.136 e. The van der Waals surface area contributed by atoms with Crippen molar-refractivity contribution in [3.05, 3.63) is 47.2 Å². The van der Waals surface area contributed by atoms with Crippen LogP contribution < -0.4 is 5.32 Å². The van der Waals surface area contributed by atoms with Gasteiger partial charge in [-0.3, -0.25) is 4.98 Å². The largest absolute Gasteiger partial charge is 0.373 e. The van der Waals surface area contributed by atoms with Gasteiger partial charge in [-0.25, -0.2) is 9.97 Å². The van der Waals surface area contributed by atoms with E-state index in [4.69, 9.17) is 4.98 Å². The van der Waals surface area contributed by atoms with E-state index >= 15 is 0 Å². The summed E-state index contributed by atoms with van der Waals surface area (Å²) in [4.78, 5) is 14.0. The van der Waals surface area contributed by atoms with Crippen molar-refractivity contribution in [1.29, 1.82) is 0 Å². The van der Waals surface area contributed by atoms with Crippen LogP contribution in [0.25, 0.3) is 0 Å². The summed E-state index contributed by atoms with van der Waals surface area (Å²) in [5, 5.41) is 3.16.